The van der Waals surface area contributed by atoms with Crippen molar-refractivity contribution in [2.45, 2.75) is 0 Å². The first-order chi connectivity index (χ1) is 9.00. The number of carbonyl (C=O) groups is 1. The van der Waals surface area contributed by atoms with Gasteiger partial charge in [-0.2, -0.15) is 0 Å². The Balaban J connectivity index is -0.00000000500. The molecule has 0 aliphatic carbocycles. The summed E-state index contributed by atoms with van der Waals surface area (Å²) < 4.78 is 0. The number of hydrogen-bond acceptors (Lipinski definition) is 9. The van der Waals surface area contributed by atoms with E-state index < -0.39 is 0 Å². The molecule has 0 aliphatic rings. The summed E-state index contributed by atoms with van der Waals surface area (Å²) in [6.45, 7) is 28.0. The summed E-state index contributed by atoms with van der Waals surface area (Å²) in [5.74, 6) is 0. The van der Waals surface area contributed by atoms with Crippen molar-refractivity contribution in [1.82, 2.24) is 0 Å². The summed E-state index contributed by atoms with van der Waals surface area (Å²) in [6.07, 6.45) is 0. The Morgan fingerprint density at radius 2 is 0.300 bits per heavy atom. The van der Waals surface area contributed by atoms with Gasteiger partial charge in [-0.15, -0.1) is 0 Å². The van der Waals surface area contributed by atoms with Gasteiger partial charge >= 0.3 is 0 Å². The summed E-state index contributed by atoms with van der Waals surface area (Å²) in [5, 5.41) is 0. The molecule has 2 radical (unpaired) electrons. The molecule has 0 saturated heterocycles. The minimum absolute atomic E-state index is 0. The number of carbonyl (C=O) groups excluding carboxylic acids is 9. The third-order valence-electron chi connectivity index (χ3n) is 0. The topological polar surface area (TPSA) is 154 Å². The molecule has 0 N–H and O–H groups in total. The maximum atomic E-state index is 8.00. The van der Waals surface area contributed by atoms with Crippen LogP contribution in [0.15, 0.2) is 0 Å². The molecule has 0 unspecified atom stereocenters. The van der Waals surface area contributed by atoms with Gasteiger partial charge in [0.15, 0.2) is 0 Å². The summed E-state index contributed by atoms with van der Waals surface area (Å²) in [4.78, 5) is 70.0. The largest absolute Gasteiger partial charge is 0.545 e. The van der Waals surface area contributed by atoms with Crippen molar-refractivity contribution in [3.63, 3.8) is 0 Å². The Morgan fingerprint density at radius 3 is 0.300 bits per heavy atom. The van der Waals surface area contributed by atoms with Gasteiger partial charge in [-0.05, 0) is 0 Å². The van der Waals surface area contributed by atoms with Crippen LogP contribution in [0.1, 0.15) is 0 Å². The van der Waals surface area contributed by atoms with Crippen LogP contribution in [0.3, 0.4) is 0 Å². The average Bonchev–Trinajstić information content (AvgIpc) is 2.63. The molecule has 0 aromatic heterocycles. The van der Waals surface area contributed by atoms with Crippen LogP contribution in [0.4, 0.5) is 0 Å². The van der Waals surface area contributed by atoms with Gasteiger partial charge in [0.05, 0.1) is 0 Å². The van der Waals surface area contributed by atoms with E-state index in [9.17, 15) is 0 Å². The van der Waals surface area contributed by atoms with Gasteiger partial charge in [-0.3, -0.25) is 54.3 Å². The Labute approximate surface area is 138 Å². The second kappa shape index (κ2) is 1150. The first-order valence-corrected chi connectivity index (χ1v) is 2.17. The molecule has 0 saturated carbocycles. The van der Waals surface area contributed by atoms with Gasteiger partial charge in [0.1, 0.15) is 6.79 Å². The van der Waals surface area contributed by atoms with Crippen LogP contribution in [0.2, 0.25) is 0 Å². The fraction of sp³-hybridized carbons (Fsp3) is 0. The molecule has 0 rings (SSSR count). The minimum atomic E-state index is 0. The minimum Gasteiger partial charge on any atom is -0.545 e. The van der Waals surface area contributed by atoms with Crippen LogP contribution >= 0.6 is 0 Å². The molecule has 0 atom stereocenters. The van der Waals surface area contributed by atoms with Gasteiger partial charge in [0, 0.05) is 33.6 Å². The third kappa shape index (κ3) is 948. The zero-order valence-electron chi connectivity index (χ0n) is 9.67. The second-order valence-electron chi connectivity index (χ2n) is 0. The van der Waals surface area contributed by atoms with Gasteiger partial charge in [-0.1, -0.05) is 0 Å². The van der Waals surface area contributed by atoms with Crippen molar-refractivity contribution in [1.29, 1.82) is 0 Å². The Kier molecular flexibility index (Phi) is 6050. The van der Waals surface area contributed by atoms with E-state index in [1.54, 1.807) is 0 Å². The molecular weight excluding hydrogens is 370 g/mol. The van der Waals surface area contributed by atoms with Crippen LogP contribution in [-0.4, -0.2) is 61.1 Å². The van der Waals surface area contributed by atoms with Crippen LogP contribution < -0.4 is 0 Å². The molecule has 0 heterocycles. The van der Waals surface area contributed by atoms with Crippen LogP contribution in [0, 0.1) is 0 Å². The maximum Gasteiger partial charge on any atom is 0.106 e. The van der Waals surface area contributed by atoms with Crippen molar-refractivity contribution in [2.75, 3.05) is 0 Å². The molecule has 0 aromatic rings. The second-order valence-corrected chi connectivity index (χ2v) is 0. The molecule has 126 valence electrons. The van der Waals surface area contributed by atoms with Crippen molar-refractivity contribution >= 4 is 61.1 Å². The van der Waals surface area contributed by atoms with E-state index in [1.165, 1.54) is 0 Å². The predicted molar refractivity (Wildman–Crippen MR) is 61.1 cm³/mol. The molecule has 0 aromatic carbocycles. The fourth-order valence-corrected chi connectivity index (χ4v) is 0. The van der Waals surface area contributed by atoms with E-state index in [2.05, 4.69) is 54.3 Å². The van der Waals surface area contributed by atoms with E-state index in [-0.39, 0.29) is 33.6 Å². The van der Waals surface area contributed by atoms with Crippen molar-refractivity contribution in [3.8, 4) is 0 Å². The van der Waals surface area contributed by atoms with Gasteiger partial charge in [-0.25, -0.2) is 0 Å². The monoisotopic (exact) mass is 380 g/mol. The summed E-state index contributed by atoms with van der Waals surface area (Å²) >= 11 is 0. The molecule has 9 nitrogen and oxygen atoms in total. The Hall–Kier alpha value is -1.96. The predicted octanol–water partition coefficient (Wildman–Crippen LogP) is -2.38. The SMILES string of the molecule is C=O.[CH-]=O.[CH-]=O.[CH-]=O.[CH-]=O.[CH-]=O.[CH-]=O.[CH-]=O.[CH-]=O.[Co].[Co]. The van der Waals surface area contributed by atoms with E-state index in [1.807, 2.05) is 6.79 Å². The first-order valence-electron chi connectivity index (χ1n) is 2.17. The molecule has 0 fully saturated rings. The quantitative estimate of drug-likeness (QED) is 0.331. The summed E-state index contributed by atoms with van der Waals surface area (Å²) in [7, 11) is 0. The molecule has 0 aliphatic heterocycles. The van der Waals surface area contributed by atoms with E-state index >= 15 is 0 Å². The molecule has 20 heavy (non-hydrogen) atoms. The number of hydrogen-bond donors (Lipinski definition) is 0. The number of rotatable bonds is 0. The Morgan fingerprint density at radius 1 is 0.300 bits per heavy atom. The van der Waals surface area contributed by atoms with Gasteiger partial charge in [0.2, 0.25) is 0 Å². The summed E-state index contributed by atoms with van der Waals surface area (Å²) in [6, 6.07) is 0. The van der Waals surface area contributed by atoms with Crippen LogP contribution in [0.25, 0.3) is 0 Å². The van der Waals surface area contributed by atoms with Crippen LogP contribution in [-0.2, 0) is 76.7 Å². The average molecular weight is 380 g/mol. The third-order valence-corrected chi connectivity index (χ3v) is 0. The summed E-state index contributed by atoms with van der Waals surface area (Å²) in [5.41, 5.74) is 0. The zero-order valence-corrected chi connectivity index (χ0v) is 11.7. The zero-order chi connectivity index (χ0) is 18.0. The van der Waals surface area contributed by atoms with E-state index in [0.717, 1.165) is 0 Å². The van der Waals surface area contributed by atoms with E-state index in [4.69, 9.17) is 43.2 Å². The van der Waals surface area contributed by atoms with Gasteiger partial charge < -0.3 is 43.2 Å². The molecule has 0 amide bonds. The normalized spacial score (nSPS) is 1.80. The van der Waals surface area contributed by atoms with Crippen LogP contribution in [0.5, 0.6) is 0 Å². The van der Waals surface area contributed by atoms with Crippen molar-refractivity contribution < 1.29 is 76.7 Å². The maximum absolute atomic E-state index is 8.00. The first kappa shape index (κ1) is 106. The Bertz CT molecular complexity index is 55.9. The molecule has 0 bridgehead atoms. The smallest absolute Gasteiger partial charge is 0.106 e. The van der Waals surface area contributed by atoms with Crippen molar-refractivity contribution in [2.24, 2.45) is 0 Å². The van der Waals surface area contributed by atoms with E-state index in [0.29, 0.717) is 0 Å². The molecular formula is C9H10Co2O9-8. The van der Waals surface area contributed by atoms with Gasteiger partial charge in [0.25, 0.3) is 0 Å². The fourth-order valence-electron chi connectivity index (χ4n) is 0. The molecule has 11 heteroatoms. The van der Waals surface area contributed by atoms with Crippen molar-refractivity contribution in [3.05, 3.63) is 0 Å². The standard InChI is InChI=1S/CH2O.8CHO.2Co/c9*1-2;;/h1H2;8*1H;;/q;8*-1;;. The molecule has 0 spiro atoms.